The van der Waals surface area contributed by atoms with E-state index >= 15 is 0 Å². The van der Waals surface area contributed by atoms with E-state index in [1.54, 1.807) is 0 Å². The van der Waals surface area contributed by atoms with E-state index in [-0.39, 0.29) is 18.2 Å². The van der Waals surface area contributed by atoms with E-state index in [0.717, 1.165) is 30.5 Å². The molecule has 1 amide bonds. The van der Waals surface area contributed by atoms with Gasteiger partial charge in [-0.3, -0.25) is 0 Å². The fraction of sp³-hybridized carbons (Fsp3) is 0.778. The van der Waals surface area contributed by atoms with Crippen molar-refractivity contribution in [2.24, 2.45) is 0 Å². The van der Waals surface area contributed by atoms with E-state index < -0.39 is 11.2 Å². The van der Waals surface area contributed by atoms with Crippen LogP contribution in [0.4, 0.5) is 4.79 Å². The average molecular weight is 336 g/mol. The minimum atomic E-state index is -0.984. The molecule has 0 radical (unpaired) electrons. The summed E-state index contributed by atoms with van der Waals surface area (Å²) in [4.78, 5) is 14.5. The van der Waals surface area contributed by atoms with Crippen LogP contribution in [0.2, 0.25) is 0 Å². The van der Waals surface area contributed by atoms with Crippen molar-refractivity contribution in [2.45, 2.75) is 90.0 Å². The number of aliphatic hydroxyl groups is 1. The summed E-state index contributed by atoms with van der Waals surface area (Å²) in [5.74, 6) is 0.666. The molecule has 6 heteroatoms. The van der Waals surface area contributed by atoms with Crippen LogP contribution in [0.25, 0.3) is 0 Å². The number of amides is 1. The Morgan fingerprint density at radius 1 is 1.29 bits per heavy atom. The molecule has 2 atom stereocenters. The highest BCUT2D eigenvalue weighted by Gasteiger charge is 2.50. The lowest BCUT2D eigenvalue weighted by atomic mass is 9.72. The van der Waals surface area contributed by atoms with Gasteiger partial charge in [0.15, 0.2) is 0 Å². The van der Waals surface area contributed by atoms with Crippen molar-refractivity contribution in [3.05, 3.63) is 17.0 Å². The first-order chi connectivity index (χ1) is 11.1. The lowest BCUT2D eigenvalue weighted by molar-refractivity contribution is -0.0972. The summed E-state index contributed by atoms with van der Waals surface area (Å²) >= 11 is 0. The molecular weight excluding hydrogens is 308 g/mol. The quantitative estimate of drug-likeness (QED) is 0.850. The molecule has 1 aromatic rings. The molecule has 24 heavy (non-hydrogen) atoms. The van der Waals surface area contributed by atoms with Crippen molar-refractivity contribution in [3.8, 4) is 0 Å². The van der Waals surface area contributed by atoms with Crippen LogP contribution in [-0.4, -0.2) is 38.9 Å². The molecule has 0 aliphatic carbocycles. The molecular formula is C18H28N2O4. The summed E-state index contributed by atoms with van der Waals surface area (Å²) in [6.07, 6.45) is 3.60. The fourth-order valence-corrected chi connectivity index (χ4v) is 4.39. The SMILES string of the molecule is Cc1noc(C)c1C1(O)CC2CCCC(C1)N2C(=O)OC(C)(C)C. The zero-order valence-corrected chi connectivity index (χ0v) is 15.3. The Hall–Kier alpha value is -1.56. The Kier molecular flexibility index (Phi) is 4.14. The number of piperidine rings is 2. The van der Waals surface area contributed by atoms with Crippen LogP contribution in [0, 0.1) is 13.8 Å². The number of carbonyl (C=O) groups is 1. The minimum Gasteiger partial charge on any atom is -0.444 e. The van der Waals surface area contributed by atoms with Gasteiger partial charge in [0.05, 0.1) is 11.3 Å². The van der Waals surface area contributed by atoms with Gasteiger partial charge in [0, 0.05) is 30.5 Å². The zero-order chi connectivity index (χ0) is 17.7. The van der Waals surface area contributed by atoms with Crippen molar-refractivity contribution in [1.29, 1.82) is 0 Å². The monoisotopic (exact) mass is 336 g/mol. The van der Waals surface area contributed by atoms with Gasteiger partial charge < -0.3 is 19.3 Å². The number of hydrogen-bond donors (Lipinski definition) is 1. The Balaban J connectivity index is 1.87. The van der Waals surface area contributed by atoms with Gasteiger partial charge in [-0.05, 0) is 53.9 Å². The topological polar surface area (TPSA) is 75.8 Å². The van der Waals surface area contributed by atoms with E-state index in [0.29, 0.717) is 18.6 Å². The molecule has 0 aromatic carbocycles. The number of hydrogen-bond acceptors (Lipinski definition) is 5. The normalized spacial score (nSPS) is 30.3. The number of fused-ring (bicyclic) bond motifs is 2. The van der Waals surface area contributed by atoms with Gasteiger partial charge in [0.1, 0.15) is 11.4 Å². The van der Waals surface area contributed by atoms with E-state index in [9.17, 15) is 9.90 Å². The number of nitrogens with zero attached hydrogens (tertiary/aromatic N) is 2. The molecule has 3 rings (SSSR count). The van der Waals surface area contributed by atoms with Crippen LogP contribution in [-0.2, 0) is 10.3 Å². The molecule has 1 N–H and O–H groups in total. The molecule has 3 heterocycles. The third-order valence-corrected chi connectivity index (χ3v) is 5.11. The van der Waals surface area contributed by atoms with E-state index in [2.05, 4.69) is 5.16 Å². The maximum atomic E-state index is 12.6. The Morgan fingerprint density at radius 2 is 1.88 bits per heavy atom. The second kappa shape index (κ2) is 5.76. The maximum Gasteiger partial charge on any atom is 0.410 e. The third kappa shape index (κ3) is 3.04. The molecule has 6 nitrogen and oxygen atoms in total. The lowest BCUT2D eigenvalue weighted by Crippen LogP contribution is -2.59. The first-order valence-corrected chi connectivity index (χ1v) is 8.78. The largest absolute Gasteiger partial charge is 0.444 e. The van der Waals surface area contributed by atoms with Crippen LogP contribution in [0.5, 0.6) is 0 Å². The van der Waals surface area contributed by atoms with Crippen molar-refractivity contribution < 1.29 is 19.2 Å². The molecule has 134 valence electrons. The minimum absolute atomic E-state index is 0.00829. The van der Waals surface area contributed by atoms with E-state index in [1.165, 1.54) is 0 Å². The molecule has 2 saturated heterocycles. The van der Waals surface area contributed by atoms with Crippen LogP contribution in [0.1, 0.15) is 69.9 Å². The average Bonchev–Trinajstić information content (AvgIpc) is 2.75. The summed E-state index contributed by atoms with van der Waals surface area (Å²) < 4.78 is 10.9. The van der Waals surface area contributed by atoms with Gasteiger partial charge in [-0.1, -0.05) is 5.16 Å². The van der Waals surface area contributed by atoms with Gasteiger partial charge in [-0.2, -0.15) is 0 Å². The highest BCUT2D eigenvalue weighted by molar-refractivity contribution is 5.69. The summed E-state index contributed by atoms with van der Waals surface area (Å²) in [6, 6.07) is -0.0166. The molecule has 2 bridgehead atoms. The first-order valence-electron chi connectivity index (χ1n) is 8.78. The fourth-order valence-electron chi connectivity index (χ4n) is 4.39. The predicted molar refractivity (Wildman–Crippen MR) is 88.6 cm³/mol. The van der Waals surface area contributed by atoms with E-state index in [1.807, 2.05) is 39.5 Å². The summed E-state index contributed by atoms with van der Waals surface area (Å²) in [6.45, 7) is 9.34. The Morgan fingerprint density at radius 3 is 2.33 bits per heavy atom. The second-order valence-electron chi connectivity index (χ2n) is 8.27. The van der Waals surface area contributed by atoms with Crippen LogP contribution in [0.3, 0.4) is 0 Å². The molecule has 1 aromatic heterocycles. The smallest absolute Gasteiger partial charge is 0.410 e. The third-order valence-electron chi connectivity index (χ3n) is 5.11. The van der Waals surface area contributed by atoms with Crippen LogP contribution in [0.15, 0.2) is 4.52 Å². The van der Waals surface area contributed by atoms with Crippen molar-refractivity contribution in [2.75, 3.05) is 0 Å². The standard InChI is InChI=1S/C18H28N2O4/c1-11-15(12(2)24-19-11)18(22)9-13-7-6-8-14(10-18)20(13)16(21)23-17(3,4)5/h13-14,22H,6-10H2,1-5H3. The number of rotatable bonds is 1. The first kappa shape index (κ1) is 17.3. The highest BCUT2D eigenvalue weighted by Crippen LogP contribution is 2.46. The van der Waals surface area contributed by atoms with Crippen molar-refractivity contribution in [1.82, 2.24) is 10.1 Å². The molecule has 2 aliphatic heterocycles. The maximum absolute atomic E-state index is 12.6. The highest BCUT2D eigenvalue weighted by atomic mass is 16.6. The summed E-state index contributed by atoms with van der Waals surface area (Å²) in [5, 5.41) is 15.3. The van der Waals surface area contributed by atoms with E-state index in [4.69, 9.17) is 9.26 Å². The predicted octanol–water partition coefficient (Wildman–Crippen LogP) is 3.43. The Bertz CT molecular complexity index is 598. The number of aromatic nitrogens is 1. The molecule has 2 unspecified atom stereocenters. The summed E-state index contributed by atoms with van der Waals surface area (Å²) in [7, 11) is 0. The van der Waals surface area contributed by atoms with Crippen LogP contribution >= 0.6 is 0 Å². The van der Waals surface area contributed by atoms with Gasteiger partial charge in [-0.15, -0.1) is 0 Å². The molecule has 0 saturated carbocycles. The van der Waals surface area contributed by atoms with Gasteiger partial charge in [0.25, 0.3) is 0 Å². The Labute approximate surface area is 143 Å². The number of carbonyl (C=O) groups excluding carboxylic acids is 1. The molecule has 2 aliphatic rings. The lowest BCUT2D eigenvalue weighted by Gasteiger charge is -2.51. The zero-order valence-electron chi connectivity index (χ0n) is 15.3. The molecule has 2 fully saturated rings. The number of aryl methyl sites for hydroxylation is 2. The second-order valence-corrected chi connectivity index (χ2v) is 8.27. The summed E-state index contributed by atoms with van der Waals surface area (Å²) in [5.41, 5.74) is 0.0328. The van der Waals surface area contributed by atoms with Crippen molar-refractivity contribution >= 4 is 6.09 Å². The van der Waals surface area contributed by atoms with Crippen molar-refractivity contribution in [3.63, 3.8) is 0 Å². The van der Waals surface area contributed by atoms with Gasteiger partial charge in [-0.25, -0.2) is 4.79 Å². The van der Waals surface area contributed by atoms with Gasteiger partial charge >= 0.3 is 6.09 Å². The number of ether oxygens (including phenoxy) is 1. The molecule has 0 spiro atoms. The van der Waals surface area contributed by atoms with Crippen LogP contribution < -0.4 is 0 Å². The van der Waals surface area contributed by atoms with Gasteiger partial charge in [0.2, 0.25) is 0 Å².